The number of primary sulfonamides is 1. The van der Waals surface area contributed by atoms with Crippen molar-refractivity contribution in [3.8, 4) is 11.5 Å². The van der Waals surface area contributed by atoms with E-state index in [4.69, 9.17) is 37.8 Å². The summed E-state index contributed by atoms with van der Waals surface area (Å²) in [7, 11) is -3.73. The van der Waals surface area contributed by atoms with Gasteiger partial charge in [0.1, 0.15) is 4.21 Å². The Morgan fingerprint density at radius 3 is 2.00 bits per heavy atom. The fourth-order valence-electron chi connectivity index (χ4n) is 2.15. The monoisotopic (exact) mass is 425 g/mol. The van der Waals surface area contributed by atoms with Crippen LogP contribution in [-0.2, 0) is 10.0 Å². The van der Waals surface area contributed by atoms with Crippen molar-refractivity contribution in [1.29, 1.82) is 0 Å². The number of nitrogens with two attached hydrogens (primary N) is 1. The molecule has 1 heterocycles. The normalized spacial score (nSPS) is 11.8. The lowest BCUT2D eigenvalue weighted by Gasteiger charge is -2.13. The van der Waals surface area contributed by atoms with Crippen molar-refractivity contribution in [2.75, 3.05) is 25.0 Å². The average Bonchev–Trinajstić information content (AvgIpc) is 2.98. The van der Waals surface area contributed by atoms with Gasteiger partial charge in [0.25, 0.3) is 0 Å². The number of hydrogen-bond acceptors (Lipinski definition) is 5. The maximum atomic E-state index is 11.6. The smallest absolute Gasteiger partial charge is 0.247 e. The van der Waals surface area contributed by atoms with Gasteiger partial charge in [-0.3, -0.25) is 0 Å². The summed E-state index contributed by atoms with van der Waals surface area (Å²) in [5, 5.41) is 5.98. The molecule has 0 amide bonds. The number of rotatable bonds is 11. The predicted octanol–water partition coefficient (Wildman–Crippen LogP) is 4.34. The molecular weight excluding hydrogens is 405 g/mol. The number of hydrogen-bond donors (Lipinski definition) is 1. The molecule has 0 aliphatic carbocycles. The molecule has 0 unspecified atom stereocenters. The number of sulfonamides is 1. The summed E-state index contributed by atoms with van der Waals surface area (Å²) in [4.78, 5) is 0. The molecule has 5 nitrogen and oxygen atoms in total. The van der Waals surface area contributed by atoms with Gasteiger partial charge in [0.2, 0.25) is 10.0 Å². The molecule has 0 radical (unpaired) electrons. The Labute approximate surface area is 162 Å². The Morgan fingerprint density at radius 1 is 0.920 bits per heavy atom. The van der Waals surface area contributed by atoms with Gasteiger partial charge in [0.05, 0.1) is 13.2 Å². The van der Waals surface area contributed by atoms with Crippen molar-refractivity contribution < 1.29 is 17.9 Å². The minimum Gasteiger partial charge on any atom is -0.490 e. The number of fused-ring (bicyclic) bond motifs is 1. The van der Waals surface area contributed by atoms with E-state index in [1.54, 1.807) is 18.2 Å². The van der Waals surface area contributed by atoms with Crippen LogP contribution in [0.5, 0.6) is 11.5 Å². The second-order valence-electron chi connectivity index (χ2n) is 5.44. The third-order valence-corrected chi connectivity index (χ3v) is 6.46. The van der Waals surface area contributed by atoms with Crippen molar-refractivity contribution in [2.45, 2.75) is 29.9 Å². The van der Waals surface area contributed by atoms with Gasteiger partial charge in [-0.1, -0.05) is 0 Å². The number of halogens is 2. The molecule has 0 saturated heterocycles. The number of alkyl halides is 2. The SMILES string of the molecule is NS(=O)(=O)c1cc2cc(OCCCCCl)c(OCCCCCl)cc2s1. The Bertz CT molecular complexity index is 744. The van der Waals surface area contributed by atoms with Crippen molar-refractivity contribution in [2.24, 2.45) is 5.14 Å². The third kappa shape index (κ3) is 6.18. The topological polar surface area (TPSA) is 78.6 Å². The molecule has 0 aliphatic heterocycles. The number of benzene rings is 1. The summed E-state index contributed by atoms with van der Waals surface area (Å²) < 4.78 is 35.7. The van der Waals surface area contributed by atoms with E-state index in [1.165, 1.54) is 0 Å². The van der Waals surface area contributed by atoms with Crippen LogP contribution in [0.4, 0.5) is 0 Å². The molecule has 140 valence electrons. The first-order valence-corrected chi connectivity index (χ1v) is 11.4. The first-order chi connectivity index (χ1) is 12.0. The summed E-state index contributed by atoms with van der Waals surface area (Å²) in [6.07, 6.45) is 3.40. The summed E-state index contributed by atoms with van der Waals surface area (Å²) >= 11 is 12.5. The summed E-state index contributed by atoms with van der Waals surface area (Å²) in [6, 6.07) is 5.14. The van der Waals surface area contributed by atoms with Crippen LogP contribution in [0.15, 0.2) is 22.4 Å². The highest BCUT2D eigenvalue weighted by atomic mass is 35.5. The molecule has 2 aromatic rings. The van der Waals surface area contributed by atoms with E-state index >= 15 is 0 Å². The van der Waals surface area contributed by atoms with E-state index in [0.717, 1.165) is 47.1 Å². The van der Waals surface area contributed by atoms with Gasteiger partial charge in [0.15, 0.2) is 11.5 Å². The molecule has 9 heteroatoms. The molecule has 25 heavy (non-hydrogen) atoms. The Morgan fingerprint density at radius 2 is 1.48 bits per heavy atom. The fraction of sp³-hybridized carbons (Fsp3) is 0.500. The van der Waals surface area contributed by atoms with Crippen LogP contribution in [0.25, 0.3) is 10.1 Å². The van der Waals surface area contributed by atoms with E-state index in [1.807, 2.05) is 0 Å². The molecule has 2 N–H and O–H groups in total. The van der Waals surface area contributed by atoms with Gasteiger partial charge in [-0.25, -0.2) is 13.6 Å². The first kappa shape index (κ1) is 20.6. The quantitative estimate of drug-likeness (QED) is 0.428. The number of unbranched alkanes of at least 4 members (excludes halogenated alkanes) is 2. The van der Waals surface area contributed by atoms with Gasteiger partial charge in [-0.15, -0.1) is 34.5 Å². The highest BCUT2D eigenvalue weighted by Gasteiger charge is 2.16. The van der Waals surface area contributed by atoms with Gasteiger partial charge >= 0.3 is 0 Å². The lowest BCUT2D eigenvalue weighted by Crippen LogP contribution is -2.09. The molecule has 0 saturated carbocycles. The van der Waals surface area contributed by atoms with Crippen LogP contribution in [0.3, 0.4) is 0 Å². The van der Waals surface area contributed by atoms with Gasteiger partial charge in [-0.2, -0.15) is 0 Å². The van der Waals surface area contributed by atoms with E-state index in [0.29, 0.717) is 36.5 Å². The molecular formula is C16H21Cl2NO4S2. The predicted molar refractivity (Wildman–Crippen MR) is 104 cm³/mol. The minimum absolute atomic E-state index is 0.120. The van der Waals surface area contributed by atoms with Crippen LogP contribution in [0.1, 0.15) is 25.7 Å². The van der Waals surface area contributed by atoms with Gasteiger partial charge in [0, 0.05) is 22.5 Å². The summed E-state index contributed by atoms with van der Waals surface area (Å²) in [5.41, 5.74) is 0. The molecule has 0 fully saturated rings. The lowest BCUT2D eigenvalue weighted by atomic mass is 10.2. The summed E-state index contributed by atoms with van der Waals surface area (Å²) in [6.45, 7) is 1.03. The van der Waals surface area contributed by atoms with Crippen LogP contribution in [-0.4, -0.2) is 33.4 Å². The molecule has 1 aromatic carbocycles. The Hall–Kier alpha value is -0.730. The maximum absolute atomic E-state index is 11.6. The number of ether oxygens (including phenoxy) is 2. The van der Waals surface area contributed by atoms with Crippen molar-refractivity contribution >= 4 is 54.6 Å². The first-order valence-electron chi connectivity index (χ1n) is 7.93. The standard InChI is InChI=1S/C16H21Cl2NO4S2/c17-5-1-3-7-22-13-9-12-10-16(25(19,20)21)24-15(12)11-14(13)23-8-4-2-6-18/h9-11H,1-8H2,(H2,19,20,21). The van der Waals surface area contributed by atoms with Gasteiger partial charge < -0.3 is 9.47 Å². The minimum atomic E-state index is -3.73. The fourth-order valence-corrected chi connectivity index (χ4v) is 4.35. The zero-order valence-corrected chi connectivity index (χ0v) is 16.8. The van der Waals surface area contributed by atoms with E-state index in [9.17, 15) is 8.42 Å². The second kappa shape index (κ2) is 9.83. The highest BCUT2D eigenvalue weighted by Crippen LogP contribution is 2.38. The maximum Gasteiger partial charge on any atom is 0.247 e. The Balaban J connectivity index is 2.25. The zero-order chi connectivity index (χ0) is 18.3. The van der Waals surface area contributed by atoms with Crippen LogP contribution < -0.4 is 14.6 Å². The van der Waals surface area contributed by atoms with E-state index in [-0.39, 0.29) is 4.21 Å². The zero-order valence-electron chi connectivity index (χ0n) is 13.7. The lowest BCUT2D eigenvalue weighted by molar-refractivity contribution is 0.263. The average molecular weight is 426 g/mol. The molecule has 2 rings (SSSR count). The van der Waals surface area contributed by atoms with Crippen molar-refractivity contribution in [3.05, 3.63) is 18.2 Å². The Kier molecular flexibility index (Phi) is 8.09. The van der Waals surface area contributed by atoms with Crippen molar-refractivity contribution in [3.63, 3.8) is 0 Å². The second-order valence-corrected chi connectivity index (χ2v) is 9.06. The van der Waals surface area contributed by atoms with E-state index in [2.05, 4.69) is 0 Å². The largest absolute Gasteiger partial charge is 0.490 e. The van der Waals surface area contributed by atoms with Crippen molar-refractivity contribution in [1.82, 2.24) is 0 Å². The molecule has 0 aliphatic rings. The molecule has 0 atom stereocenters. The highest BCUT2D eigenvalue weighted by molar-refractivity contribution is 7.91. The van der Waals surface area contributed by atoms with E-state index < -0.39 is 10.0 Å². The van der Waals surface area contributed by atoms with Crippen LogP contribution in [0, 0.1) is 0 Å². The van der Waals surface area contributed by atoms with Crippen LogP contribution >= 0.6 is 34.5 Å². The third-order valence-electron chi connectivity index (χ3n) is 3.41. The number of thiophene rings is 1. The molecule has 0 spiro atoms. The van der Waals surface area contributed by atoms with Gasteiger partial charge in [-0.05, 0) is 43.2 Å². The molecule has 0 bridgehead atoms. The van der Waals surface area contributed by atoms with Crippen LogP contribution in [0.2, 0.25) is 0 Å². The summed E-state index contributed by atoms with van der Waals surface area (Å²) in [5.74, 6) is 2.36. The molecule has 1 aromatic heterocycles.